The fraction of sp³-hybridized carbons (Fsp3) is 0.400. The predicted octanol–water partition coefficient (Wildman–Crippen LogP) is 2.44. The molecule has 0 bridgehead atoms. The topological polar surface area (TPSA) is 68.0 Å². The van der Waals surface area contributed by atoms with Gasteiger partial charge in [-0.1, -0.05) is 0 Å². The molecule has 0 saturated carbocycles. The Hall–Kier alpha value is -2.17. The Labute approximate surface area is 118 Å². The van der Waals surface area contributed by atoms with Crippen LogP contribution in [0.1, 0.15) is 41.0 Å². The van der Waals surface area contributed by atoms with E-state index in [0.717, 1.165) is 18.6 Å². The maximum absolute atomic E-state index is 12.1. The number of carbonyl (C=O) groups excluding carboxylic acids is 1. The highest BCUT2D eigenvalue weighted by molar-refractivity contribution is 5.95. The van der Waals surface area contributed by atoms with E-state index in [0.29, 0.717) is 17.1 Å². The van der Waals surface area contributed by atoms with Crippen LogP contribution in [-0.2, 0) is 6.42 Å². The van der Waals surface area contributed by atoms with Gasteiger partial charge in [0.25, 0.3) is 5.91 Å². The fourth-order valence-corrected chi connectivity index (χ4v) is 1.99. The molecule has 2 aromatic rings. The Morgan fingerprint density at radius 1 is 1.45 bits per heavy atom. The fourth-order valence-electron chi connectivity index (χ4n) is 1.99. The summed E-state index contributed by atoms with van der Waals surface area (Å²) >= 11 is 0. The van der Waals surface area contributed by atoms with Crippen LogP contribution in [0.3, 0.4) is 0 Å². The molecular weight excluding hydrogens is 254 g/mol. The summed E-state index contributed by atoms with van der Waals surface area (Å²) in [5.41, 5.74) is 1.23. The predicted molar refractivity (Wildman–Crippen MR) is 75.5 cm³/mol. The van der Waals surface area contributed by atoms with E-state index in [1.165, 1.54) is 0 Å². The van der Waals surface area contributed by atoms with Crippen LogP contribution in [0.5, 0.6) is 0 Å². The van der Waals surface area contributed by atoms with E-state index in [-0.39, 0.29) is 11.9 Å². The zero-order chi connectivity index (χ0) is 14.5. The average molecular weight is 273 g/mol. The third kappa shape index (κ3) is 3.66. The first-order chi connectivity index (χ1) is 9.56. The first-order valence-electron chi connectivity index (χ1n) is 6.69. The Bertz CT molecular complexity index is 579. The largest absolute Gasteiger partial charge is 0.469 e. The second-order valence-corrected chi connectivity index (χ2v) is 4.91. The average Bonchev–Trinajstić information content (AvgIpc) is 2.89. The molecular formula is C15H19N3O2. The molecule has 0 saturated heterocycles. The maximum Gasteiger partial charge on any atom is 0.254 e. The van der Waals surface area contributed by atoms with Gasteiger partial charge in [0, 0.05) is 18.7 Å². The highest BCUT2D eigenvalue weighted by atomic mass is 16.3. The van der Waals surface area contributed by atoms with Crippen molar-refractivity contribution in [1.29, 1.82) is 0 Å². The van der Waals surface area contributed by atoms with E-state index in [1.807, 2.05) is 26.0 Å². The van der Waals surface area contributed by atoms with Crippen molar-refractivity contribution in [2.45, 2.75) is 39.7 Å². The standard InChI is InChI=1S/C15H19N3O2/c1-10(6-7-13-5-4-8-20-13)17-15(19)14-9-16-12(3)18-11(14)2/h4-5,8-10H,6-7H2,1-3H3,(H,17,19). The number of nitrogens with zero attached hydrogens (tertiary/aromatic N) is 2. The molecule has 0 aliphatic heterocycles. The molecule has 0 aliphatic rings. The van der Waals surface area contributed by atoms with Crippen molar-refractivity contribution < 1.29 is 9.21 Å². The SMILES string of the molecule is Cc1ncc(C(=O)NC(C)CCc2ccco2)c(C)n1. The van der Waals surface area contributed by atoms with Gasteiger partial charge in [0.15, 0.2) is 0 Å². The first kappa shape index (κ1) is 14.2. The van der Waals surface area contributed by atoms with Gasteiger partial charge in [0.1, 0.15) is 11.6 Å². The van der Waals surface area contributed by atoms with E-state index in [2.05, 4.69) is 15.3 Å². The zero-order valence-corrected chi connectivity index (χ0v) is 12.0. The van der Waals surface area contributed by atoms with Crippen LogP contribution >= 0.6 is 0 Å². The number of aryl methyl sites for hydroxylation is 3. The number of carbonyl (C=O) groups is 1. The molecule has 5 heteroatoms. The van der Waals surface area contributed by atoms with Crippen LogP contribution < -0.4 is 5.32 Å². The molecule has 5 nitrogen and oxygen atoms in total. The highest BCUT2D eigenvalue weighted by Crippen LogP contribution is 2.08. The van der Waals surface area contributed by atoms with Crippen molar-refractivity contribution in [2.24, 2.45) is 0 Å². The van der Waals surface area contributed by atoms with Crippen molar-refractivity contribution in [3.05, 3.63) is 47.4 Å². The van der Waals surface area contributed by atoms with Crippen LogP contribution in [-0.4, -0.2) is 21.9 Å². The van der Waals surface area contributed by atoms with Crippen LogP contribution in [0, 0.1) is 13.8 Å². The minimum Gasteiger partial charge on any atom is -0.469 e. The summed E-state index contributed by atoms with van der Waals surface area (Å²) < 4.78 is 5.27. The van der Waals surface area contributed by atoms with E-state index in [4.69, 9.17) is 4.42 Å². The molecule has 0 spiro atoms. The molecule has 20 heavy (non-hydrogen) atoms. The molecule has 1 unspecified atom stereocenters. The molecule has 1 amide bonds. The van der Waals surface area contributed by atoms with Gasteiger partial charge in [-0.15, -0.1) is 0 Å². The Balaban J connectivity index is 1.90. The smallest absolute Gasteiger partial charge is 0.254 e. The van der Waals surface area contributed by atoms with Gasteiger partial charge in [-0.05, 0) is 39.3 Å². The van der Waals surface area contributed by atoms with Crippen molar-refractivity contribution in [3.63, 3.8) is 0 Å². The lowest BCUT2D eigenvalue weighted by atomic mass is 10.1. The molecule has 0 aromatic carbocycles. The van der Waals surface area contributed by atoms with Gasteiger partial charge >= 0.3 is 0 Å². The van der Waals surface area contributed by atoms with Crippen molar-refractivity contribution in [3.8, 4) is 0 Å². The Morgan fingerprint density at radius 3 is 2.90 bits per heavy atom. The van der Waals surface area contributed by atoms with E-state index < -0.39 is 0 Å². The third-order valence-electron chi connectivity index (χ3n) is 3.13. The monoisotopic (exact) mass is 273 g/mol. The normalized spacial score (nSPS) is 12.2. The van der Waals surface area contributed by atoms with Gasteiger partial charge in [-0.3, -0.25) is 4.79 Å². The molecule has 1 N–H and O–H groups in total. The van der Waals surface area contributed by atoms with Crippen LogP contribution in [0.15, 0.2) is 29.0 Å². The lowest BCUT2D eigenvalue weighted by Crippen LogP contribution is -2.33. The second kappa shape index (κ2) is 6.32. The van der Waals surface area contributed by atoms with Gasteiger partial charge in [-0.25, -0.2) is 9.97 Å². The lowest BCUT2D eigenvalue weighted by Gasteiger charge is -2.14. The molecule has 0 radical (unpaired) electrons. The van der Waals surface area contributed by atoms with Crippen LogP contribution in [0.25, 0.3) is 0 Å². The Kier molecular flexibility index (Phi) is 4.50. The van der Waals surface area contributed by atoms with Crippen molar-refractivity contribution in [1.82, 2.24) is 15.3 Å². The molecule has 106 valence electrons. The molecule has 0 fully saturated rings. The highest BCUT2D eigenvalue weighted by Gasteiger charge is 2.13. The number of rotatable bonds is 5. The van der Waals surface area contributed by atoms with Crippen molar-refractivity contribution >= 4 is 5.91 Å². The Morgan fingerprint density at radius 2 is 2.25 bits per heavy atom. The minimum absolute atomic E-state index is 0.0632. The van der Waals surface area contributed by atoms with Crippen molar-refractivity contribution in [2.75, 3.05) is 0 Å². The quantitative estimate of drug-likeness (QED) is 0.908. The molecule has 0 aliphatic carbocycles. The summed E-state index contributed by atoms with van der Waals surface area (Å²) in [5, 5.41) is 2.96. The summed E-state index contributed by atoms with van der Waals surface area (Å²) in [4.78, 5) is 20.4. The van der Waals surface area contributed by atoms with Gasteiger partial charge in [-0.2, -0.15) is 0 Å². The minimum atomic E-state index is -0.130. The molecule has 2 rings (SSSR count). The number of hydrogen-bond acceptors (Lipinski definition) is 4. The summed E-state index contributed by atoms with van der Waals surface area (Å²) in [6.45, 7) is 5.60. The zero-order valence-electron chi connectivity index (χ0n) is 12.0. The molecule has 1 atom stereocenters. The lowest BCUT2D eigenvalue weighted by molar-refractivity contribution is 0.0936. The second-order valence-electron chi connectivity index (χ2n) is 4.91. The number of aromatic nitrogens is 2. The van der Waals surface area contributed by atoms with Gasteiger partial charge in [0.05, 0.1) is 17.5 Å². The number of nitrogens with one attached hydrogen (secondary N) is 1. The van der Waals surface area contributed by atoms with Crippen LogP contribution in [0.2, 0.25) is 0 Å². The summed E-state index contributed by atoms with van der Waals surface area (Å²) in [7, 11) is 0. The number of amides is 1. The molecule has 2 aromatic heterocycles. The van der Waals surface area contributed by atoms with E-state index in [9.17, 15) is 4.79 Å². The van der Waals surface area contributed by atoms with Crippen LogP contribution in [0.4, 0.5) is 0 Å². The maximum atomic E-state index is 12.1. The molecule has 2 heterocycles. The first-order valence-corrected chi connectivity index (χ1v) is 6.69. The van der Waals surface area contributed by atoms with E-state index in [1.54, 1.807) is 19.4 Å². The van der Waals surface area contributed by atoms with E-state index >= 15 is 0 Å². The number of furan rings is 1. The summed E-state index contributed by atoms with van der Waals surface area (Å²) in [6, 6.07) is 3.87. The third-order valence-corrected chi connectivity index (χ3v) is 3.13. The van der Waals surface area contributed by atoms with Gasteiger partial charge in [0.2, 0.25) is 0 Å². The summed E-state index contributed by atoms with van der Waals surface area (Å²) in [5.74, 6) is 1.47. The summed E-state index contributed by atoms with van der Waals surface area (Å²) in [6.07, 6.45) is 4.86. The van der Waals surface area contributed by atoms with Gasteiger partial charge < -0.3 is 9.73 Å². The number of hydrogen-bond donors (Lipinski definition) is 1.